The summed E-state index contributed by atoms with van der Waals surface area (Å²) in [7, 11) is 0. The highest BCUT2D eigenvalue weighted by Crippen LogP contribution is 2.23. The van der Waals surface area contributed by atoms with Crippen molar-refractivity contribution in [1.82, 2.24) is 14.9 Å². The number of carbonyl (C=O) groups is 1. The minimum atomic E-state index is -0.214. The molecule has 0 saturated heterocycles. The van der Waals surface area contributed by atoms with Gasteiger partial charge in [0.2, 0.25) is 11.1 Å². The van der Waals surface area contributed by atoms with Gasteiger partial charge in [0.25, 0.3) is 0 Å². The van der Waals surface area contributed by atoms with E-state index in [1.807, 2.05) is 0 Å². The van der Waals surface area contributed by atoms with Gasteiger partial charge in [-0.15, -0.1) is 10.2 Å². The van der Waals surface area contributed by atoms with E-state index in [0.717, 1.165) is 0 Å². The van der Waals surface area contributed by atoms with Gasteiger partial charge in [0, 0.05) is 15.7 Å². The average Bonchev–Trinajstić information content (AvgIpc) is 2.66. The summed E-state index contributed by atoms with van der Waals surface area (Å²) in [6, 6.07) is 4.82. The minimum Gasteiger partial charge on any atom is -0.336 e. The molecule has 1 aromatic carbocycles. The Kier molecular flexibility index (Phi) is 4.74. The number of nitrogens with two attached hydrogens (primary N) is 1. The maximum atomic E-state index is 11.8. The number of nitrogens with zero attached hydrogens (tertiary/aromatic N) is 3. The van der Waals surface area contributed by atoms with Gasteiger partial charge >= 0.3 is 0 Å². The summed E-state index contributed by atoms with van der Waals surface area (Å²) in [5, 5.41) is 11.7. The van der Waals surface area contributed by atoms with Gasteiger partial charge in [0.1, 0.15) is 5.82 Å². The van der Waals surface area contributed by atoms with Gasteiger partial charge < -0.3 is 11.2 Å². The fraction of sp³-hybridized carbons (Fsp3) is 0.182. The van der Waals surface area contributed by atoms with Crippen LogP contribution in [-0.4, -0.2) is 26.5 Å². The second-order valence-electron chi connectivity index (χ2n) is 3.89. The highest BCUT2D eigenvalue weighted by Gasteiger charge is 2.10. The van der Waals surface area contributed by atoms with Crippen molar-refractivity contribution in [3.63, 3.8) is 0 Å². The van der Waals surface area contributed by atoms with Crippen molar-refractivity contribution < 1.29 is 4.79 Å². The Balaban J connectivity index is 1.94. The van der Waals surface area contributed by atoms with E-state index in [1.165, 1.54) is 16.4 Å². The molecule has 0 aliphatic rings. The number of nitrogens with one attached hydrogen (secondary N) is 1. The smallest absolute Gasteiger partial charge is 0.234 e. The van der Waals surface area contributed by atoms with Crippen LogP contribution >= 0.6 is 35.0 Å². The van der Waals surface area contributed by atoms with Crippen LogP contribution in [0.15, 0.2) is 23.4 Å². The summed E-state index contributed by atoms with van der Waals surface area (Å²) in [4.78, 5) is 11.8. The first-order valence-electron chi connectivity index (χ1n) is 5.51. The Morgan fingerprint density at radius 3 is 2.55 bits per heavy atom. The molecule has 0 aliphatic heterocycles. The lowest BCUT2D eigenvalue weighted by molar-refractivity contribution is -0.113. The Hall–Kier alpha value is -1.44. The third kappa shape index (κ3) is 3.78. The monoisotopic (exact) mass is 331 g/mol. The van der Waals surface area contributed by atoms with Crippen LogP contribution in [0.5, 0.6) is 0 Å². The van der Waals surface area contributed by atoms with Crippen LogP contribution in [0.3, 0.4) is 0 Å². The summed E-state index contributed by atoms with van der Waals surface area (Å²) < 4.78 is 1.33. The normalized spacial score (nSPS) is 10.6. The molecule has 20 heavy (non-hydrogen) atoms. The number of thioether (sulfide) groups is 1. The third-order valence-corrected chi connectivity index (χ3v) is 3.69. The Labute approximate surface area is 129 Å². The van der Waals surface area contributed by atoms with E-state index in [9.17, 15) is 4.79 Å². The first kappa shape index (κ1) is 15.0. The van der Waals surface area contributed by atoms with Crippen molar-refractivity contribution in [1.29, 1.82) is 0 Å². The number of halogens is 2. The van der Waals surface area contributed by atoms with Gasteiger partial charge in [-0.25, -0.2) is 4.68 Å². The fourth-order valence-electron chi connectivity index (χ4n) is 1.40. The lowest BCUT2D eigenvalue weighted by Crippen LogP contribution is -2.16. The number of nitrogen functional groups attached to an aromatic ring is 1. The van der Waals surface area contributed by atoms with E-state index < -0.39 is 0 Å². The number of aromatic nitrogens is 3. The van der Waals surface area contributed by atoms with E-state index in [2.05, 4.69) is 15.5 Å². The average molecular weight is 332 g/mol. The van der Waals surface area contributed by atoms with Gasteiger partial charge in [0.05, 0.1) is 5.75 Å². The zero-order valence-corrected chi connectivity index (χ0v) is 12.8. The molecule has 0 fully saturated rings. The van der Waals surface area contributed by atoms with Crippen LogP contribution < -0.4 is 11.2 Å². The molecule has 9 heteroatoms. The van der Waals surface area contributed by atoms with E-state index in [4.69, 9.17) is 29.0 Å². The van der Waals surface area contributed by atoms with Crippen LogP contribution in [-0.2, 0) is 4.79 Å². The molecule has 1 heterocycles. The van der Waals surface area contributed by atoms with Crippen LogP contribution in [0, 0.1) is 6.92 Å². The van der Waals surface area contributed by atoms with E-state index in [-0.39, 0.29) is 11.7 Å². The lowest BCUT2D eigenvalue weighted by atomic mass is 10.3. The van der Waals surface area contributed by atoms with Crippen LogP contribution in [0.4, 0.5) is 5.69 Å². The summed E-state index contributed by atoms with van der Waals surface area (Å²) in [5.74, 6) is 6.20. The zero-order valence-electron chi connectivity index (χ0n) is 10.4. The molecular weight excluding hydrogens is 321 g/mol. The van der Waals surface area contributed by atoms with Crippen LogP contribution in [0.2, 0.25) is 10.0 Å². The van der Waals surface area contributed by atoms with Crippen LogP contribution in [0.1, 0.15) is 5.82 Å². The number of benzene rings is 1. The first-order chi connectivity index (χ1) is 9.45. The highest BCUT2D eigenvalue weighted by atomic mass is 35.5. The summed E-state index contributed by atoms with van der Waals surface area (Å²) in [6.45, 7) is 1.73. The summed E-state index contributed by atoms with van der Waals surface area (Å²) in [6.07, 6.45) is 0. The summed E-state index contributed by atoms with van der Waals surface area (Å²) in [5.41, 5.74) is 0.540. The molecule has 1 aromatic heterocycles. The SMILES string of the molecule is Cc1nnc(SCC(=O)Nc2cc(Cl)cc(Cl)c2)n1N. The molecule has 2 rings (SSSR count). The van der Waals surface area contributed by atoms with Crippen molar-refractivity contribution >= 4 is 46.6 Å². The Morgan fingerprint density at radius 2 is 2.00 bits per heavy atom. The number of hydrogen-bond acceptors (Lipinski definition) is 5. The molecule has 0 saturated carbocycles. The molecule has 3 N–H and O–H groups in total. The molecule has 0 radical (unpaired) electrons. The van der Waals surface area contributed by atoms with Gasteiger partial charge in [0.15, 0.2) is 0 Å². The Bertz CT molecular complexity index is 625. The number of aryl methyl sites for hydroxylation is 1. The zero-order chi connectivity index (χ0) is 14.7. The second kappa shape index (κ2) is 6.34. The molecule has 106 valence electrons. The predicted molar refractivity (Wildman–Crippen MR) is 80.7 cm³/mol. The molecule has 0 unspecified atom stereocenters. The topological polar surface area (TPSA) is 85.8 Å². The second-order valence-corrected chi connectivity index (χ2v) is 5.71. The third-order valence-electron chi connectivity index (χ3n) is 2.31. The number of amides is 1. The minimum absolute atomic E-state index is 0.152. The number of hydrogen-bond donors (Lipinski definition) is 2. The Morgan fingerprint density at radius 1 is 1.35 bits per heavy atom. The first-order valence-corrected chi connectivity index (χ1v) is 7.25. The molecule has 1 amide bonds. The fourth-order valence-corrected chi connectivity index (χ4v) is 2.63. The van der Waals surface area contributed by atoms with E-state index in [0.29, 0.717) is 26.7 Å². The quantitative estimate of drug-likeness (QED) is 0.663. The predicted octanol–water partition coefficient (Wildman–Crippen LogP) is 2.34. The van der Waals surface area contributed by atoms with E-state index >= 15 is 0 Å². The van der Waals surface area contributed by atoms with Gasteiger partial charge in [-0.3, -0.25) is 4.79 Å². The van der Waals surface area contributed by atoms with Gasteiger partial charge in [-0.2, -0.15) is 0 Å². The largest absolute Gasteiger partial charge is 0.336 e. The van der Waals surface area contributed by atoms with Gasteiger partial charge in [-0.1, -0.05) is 35.0 Å². The standard InChI is InChI=1S/C11H11Cl2N5OS/c1-6-16-17-11(18(6)14)20-5-10(19)15-9-3-7(12)2-8(13)4-9/h2-4H,5,14H2,1H3,(H,15,19). The number of rotatable bonds is 4. The van der Waals surface area contributed by atoms with Crippen molar-refractivity contribution in [2.75, 3.05) is 16.9 Å². The molecule has 0 aliphatic carbocycles. The molecule has 0 spiro atoms. The number of carbonyl (C=O) groups excluding carboxylic acids is 1. The maximum Gasteiger partial charge on any atom is 0.234 e. The lowest BCUT2D eigenvalue weighted by Gasteiger charge is -2.06. The molecule has 0 bridgehead atoms. The van der Waals surface area contributed by atoms with Gasteiger partial charge in [-0.05, 0) is 25.1 Å². The van der Waals surface area contributed by atoms with Crippen molar-refractivity contribution in [2.24, 2.45) is 0 Å². The van der Waals surface area contributed by atoms with E-state index in [1.54, 1.807) is 25.1 Å². The van der Waals surface area contributed by atoms with Crippen molar-refractivity contribution in [2.45, 2.75) is 12.1 Å². The maximum absolute atomic E-state index is 11.8. The van der Waals surface area contributed by atoms with Crippen LogP contribution in [0.25, 0.3) is 0 Å². The summed E-state index contributed by atoms with van der Waals surface area (Å²) >= 11 is 12.9. The molecule has 6 nitrogen and oxygen atoms in total. The molecule has 2 aromatic rings. The number of anilines is 1. The van der Waals surface area contributed by atoms with Crippen molar-refractivity contribution in [3.05, 3.63) is 34.1 Å². The molecule has 0 atom stereocenters. The highest BCUT2D eigenvalue weighted by molar-refractivity contribution is 7.99. The van der Waals surface area contributed by atoms with Crippen molar-refractivity contribution in [3.8, 4) is 0 Å². The molecular formula is C11H11Cl2N5OS.